The maximum Gasteiger partial charge on any atom is 0.331 e. The Balaban J connectivity index is 1.92. The lowest BCUT2D eigenvalue weighted by Crippen LogP contribution is -2.33. The zero-order valence-electron chi connectivity index (χ0n) is 13.8. The molecule has 1 aromatic carbocycles. The summed E-state index contributed by atoms with van der Waals surface area (Å²) in [4.78, 5) is 26.4. The molecule has 0 bridgehead atoms. The first-order valence-corrected chi connectivity index (χ1v) is 8.18. The Morgan fingerprint density at radius 3 is 2.84 bits per heavy atom. The van der Waals surface area contributed by atoms with Crippen molar-refractivity contribution in [2.75, 3.05) is 0 Å². The van der Waals surface area contributed by atoms with Gasteiger partial charge in [-0.05, 0) is 24.1 Å². The molecule has 0 aliphatic carbocycles. The first kappa shape index (κ1) is 16.8. The summed E-state index contributed by atoms with van der Waals surface area (Å²) < 4.78 is 1.16. The van der Waals surface area contributed by atoms with Crippen LogP contribution in [-0.2, 0) is 6.54 Å². The van der Waals surface area contributed by atoms with Gasteiger partial charge in [-0.1, -0.05) is 25.5 Å². The Labute approximate surface area is 143 Å². The van der Waals surface area contributed by atoms with Crippen LogP contribution in [0.2, 0.25) is 0 Å². The number of rotatable bonds is 5. The van der Waals surface area contributed by atoms with Crippen molar-refractivity contribution >= 4 is 5.71 Å². The topological polar surface area (TPSA) is 120 Å². The Morgan fingerprint density at radius 1 is 1.32 bits per heavy atom. The number of phenols is 1. The number of hydrazone groups is 1. The maximum atomic E-state index is 12.2. The number of hydrogen-bond acceptors (Lipinski definition) is 6. The lowest BCUT2D eigenvalue weighted by molar-refractivity contribution is 0.394. The van der Waals surface area contributed by atoms with Gasteiger partial charge in [-0.25, -0.2) is 4.79 Å². The largest absolute Gasteiger partial charge is 0.508 e. The van der Waals surface area contributed by atoms with Crippen molar-refractivity contribution in [3.63, 3.8) is 0 Å². The molecular formula is C17H20N4O4. The lowest BCUT2D eigenvalue weighted by atomic mass is 10.00. The monoisotopic (exact) mass is 344 g/mol. The van der Waals surface area contributed by atoms with E-state index in [2.05, 4.69) is 15.5 Å². The van der Waals surface area contributed by atoms with Gasteiger partial charge >= 0.3 is 5.69 Å². The third-order valence-corrected chi connectivity index (χ3v) is 4.22. The molecule has 4 N–H and O–H groups in total. The highest BCUT2D eigenvalue weighted by Crippen LogP contribution is 2.27. The van der Waals surface area contributed by atoms with Gasteiger partial charge in [-0.3, -0.25) is 14.3 Å². The van der Waals surface area contributed by atoms with Gasteiger partial charge in [0.05, 0.1) is 11.8 Å². The van der Waals surface area contributed by atoms with Crippen LogP contribution in [0, 0.1) is 0 Å². The summed E-state index contributed by atoms with van der Waals surface area (Å²) in [6.07, 6.45) is 1.91. The van der Waals surface area contributed by atoms with E-state index in [4.69, 9.17) is 0 Å². The Morgan fingerprint density at radius 2 is 2.12 bits per heavy atom. The second-order valence-corrected chi connectivity index (χ2v) is 6.00. The molecular weight excluding hydrogens is 324 g/mol. The zero-order chi connectivity index (χ0) is 18.0. The van der Waals surface area contributed by atoms with Crippen molar-refractivity contribution in [2.45, 2.75) is 38.8 Å². The number of phenolic OH excluding ortho intramolecular Hbond substituents is 1. The number of aromatic hydroxyl groups is 2. The molecule has 132 valence electrons. The molecule has 0 radical (unpaired) electrons. The summed E-state index contributed by atoms with van der Waals surface area (Å²) in [5.74, 6) is -0.221. The van der Waals surface area contributed by atoms with Crippen LogP contribution in [0.25, 0.3) is 0 Å². The third-order valence-electron chi connectivity index (χ3n) is 4.22. The van der Waals surface area contributed by atoms with Gasteiger partial charge < -0.3 is 15.6 Å². The van der Waals surface area contributed by atoms with E-state index < -0.39 is 11.2 Å². The molecule has 0 saturated heterocycles. The Kier molecular flexibility index (Phi) is 4.60. The predicted octanol–water partition coefficient (Wildman–Crippen LogP) is 1.19. The van der Waals surface area contributed by atoms with Gasteiger partial charge in [0, 0.05) is 13.0 Å². The van der Waals surface area contributed by atoms with Crippen molar-refractivity contribution in [3.05, 3.63) is 56.2 Å². The minimum atomic E-state index is -0.660. The number of aromatic amines is 1. The van der Waals surface area contributed by atoms with Gasteiger partial charge in [0.15, 0.2) is 0 Å². The van der Waals surface area contributed by atoms with E-state index in [1.807, 2.05) is 13.0 Å². The zero-order valence-corrected chi connectivity index (χ0v) is 13.8. The summed E-state index contributed by atoms with van der Waals surface area (Å²) >= 11 is 0. The second-order valence-electron chi connectivity index (χ2n) is 6.00. The van der Waals surface area contributed by atoms with Crippen molar-refractivity contribution in [1.29, 1.82) is 0 Å². The van der Waals surface area contributed by atoms with Crippen LogP contribution in [0.5, 0.6) is 11.6 Å². The number of nitrogens with zero attached hydrogens (tertiary/aromatic N) is 2. The summed E-state index contributed by atoms with van der Waals surface area (Å²) in [6.45, 7) is 2.29. The summed E-state index contributed by atoms with van der Waals surface area (Å²) in [5, 5.41) is 24.2. The van der Waals surface area contributed by atoms with E-state index in [0.29, 0.717) is 25.1 Å². The van der Waals surface area contributed by atoms with Crippen LogP contribution in [0.1, 0.15) is 43.4 Å². The third kappa shape index (κ3) is 3.28. The molecule has 1 aromatic heterocycles. The smallest absolute Gasteiger partial charge is 0.331 e. The highest BCUT2D eigenvalue weighted by molar-refractivity contribution is 6.03. The molecule has 0 amide bonds. The van der Waals surface area contributed by atoms with Crippen LogP contribution in [0.4, 0.5) is 0 Å². The molecule has 25 heavy (non-hydrogen) atoms. The van der Waals surface area contributed by atoms with E-state index in [-0.39, 0.29) is 23.2 Å². The fourth-order valence-corrected chi connectivity index (χ4v) is 2.88. The number of unbranched alkanes of at least 4 members (excludes halogenated alkanes) is 1. The van der Waals surface area contributed by atoms with Crippen molar-refractivity contribution in [2.24, 2.45) is 5.10 Å². The van der Waals surface area contributed by atoms with Crippen LogP contribution >= 0.6 is 0 Å². The Bertz CT molecular complexity index is 929. The van der Waals surface area contributed by atoms with Crippen molar-refractivity contribution < 1.29 is 10.2 Å². The summed E-state index contributed by atoms with van der Waals surface area (Å²) in [7, 11) is 0. The molecule has 3 rings (SSSR count). The fourth-order valence-electron chi connectivity index (χ4n) is 2.88. The van der Waals surface area contributed by atoms with Crippen LogP contribution in [-0.4, -0.2) is 25.5 Å². The normalized spacial score (nSPS) is 16.5. The number of H-pyrrole nitrogens is 1. The second kappa shape index (κ2) is 6.84. The molecule has 8 nitrogen and oxygen atoms in total. The number of benzene rings is 1. The van der Waals surface area contributed by atoms with Crippen molar-refractivity contribution in [3.8, 4) is 11.6 Å². The average Bonchev–Trinajstić information content (AvgIpc) is 3.04. The summed E-state index contributed by atoms with van der Waals surface area (Å²) in [5.41, 5.74) is 2.81. The molecule has 0 spiro atoms. The van der Waals surface area contributed by atoms with E-state index in [1.165, 1.54) is 0 Å². The minimum Gasteiger partial charge on any atom is -0.508 e. The minimum absolute atomic E-state index is 0.00542. The standard InChI is InChI=1S/C17H20N4O4/c1-2-3-7-21-16(24)14(15(23)18-17(21)25)13-9-12(19-20-13)10-5-4-6-11(22)8-10/h4-6,8,12,19,22,24H,2-3,7,9H2,1H3,(H,18,23,25)/t12-/m1/s1. The van der Waals surface area contributed by atoms with Crippen molar-refractivity contribution in [1.82, 2.24) is 15.0 Å². The Hall–Kier alpha value is -3.03. The quantitative estimate of drug-likeness (QED) is 0.649. The highest BCUT2D eigenvalue weighted by Gasteiger charge is 2.27. The fraction of sp³-hybridized carbons (Fsp3) is 0.353. The van der Waals surface area contributed by atoms with Gasteiger partial charge in [0.2, 0.25) is 5.88 Å². The maximum absolute atomic E-state index is 12.2. The van der Waals surface area contributed by atoms with Gasteiger partial charge in [0.25, 0.3) is 5.56 Å². The van der Waals surface area contributed by atoms with E-state index in [0.717, 1.165) is 16.6 Å². The molecule has 0 unspecified atom stereocenters. The van der Waals surface area contributed by atoms with Gasteiger partial charge in [-0.2, -0.15) is 5.10 Å². The molecule has 1 aliphatic rings. The molecule has 1 atom stereocenters. The van der Waals surface area contributed by atoms with Gasteiger partial charge in [-0.15, -0.1) is 0 Å². The SMILES string of the molecule is CCCCn1c(O)c(C2=NN[C@@H](c3cccc(O)c3)C2)c(=O)[nH]c1=O. The predicted molar refractivity (Wildman–Crippen MR) is 93.0 cm³/mol. The van der Waals surface area contributed by atoms with E-state index in [9.17, 15) is 19.8 Å². The molecule has 1 aliphatic heterocycles. The van der Waals surface area contributed by atoms with Crippen LogP contribution in [0.15, 0.2) is 39.0 Å². The van der Waals surface area contributed by atoms with E-state index in [1.54, 1.807) is 18.2 Å². The number of nitrogens with one attached hydrogen (secondary N) is 2. The summed E-state index contributed by atoms with van der Waals surface area (Å²) in [6, 6.07) is 6.52. The first-order chi connectivity index (χ1) is 12.0. The van der Waals surface area contributed by atoms with E-state index >= 15 is 0 Å². The number of aromatic nitrogens is 2. The molecule has 0 fully saturated rings. The van der Waals surface area contributed by atoms with Crippen LogP contribution in [0.3, 0.4) is 0 Å². The number of hydrogen-bond donors (Lipinski definition) is 4. The average molecular weight is 344 g/mol. The molecule has 8 heteroatoms. The highest BCUT2D eigenvalue weighted by atomic mass is 16.3. The molecule has 2 heterocycles. The first-order valence-electron chi connectivity index (χ1n) is 8.18. The molecule has 2 aromatic rings. The molecule has 0 saturated carbocycles. The van der Waals surface area contributed by atoms with Crippen LogP contribution < -0.4 is 16.7 Å². The lowest BCUT2D eigenvalue weighted by Gasteiger charge is -2.12. The van der Waals surface area contributed by atoms with Gasteiger partial charge in [0.1, 0.15) is 11.3 Å².